The topological polar surface area (TPSA) is 227 Å². The standard InChI is InChI=1S/C22H20N4O2.C21H15N3O2.C20H16N4O.2C2H6/c1-3-4-6-9-15(2)25-21-13-20(27)17-14-24-18(22(23)28)12-19(17)26(21)16-10-7-5-8-11-16;25-14-16-11-19-18(13-22-16)20(26)12-21(23-15-7-3-1-4-8-15)24(19)17-9-5-2-6-10-17;21-19-11-17-16(13-22-19)18(25)12-20(23-14-7-3-1-4-8-14)24(17)15-9-5-2-6-10-15;2*1-2/h3-14,25H,1H2,2H3,(H2,23,28);1-14,23H;1-13,23H,(H2,21,22);2*1-2H3/b6-4-,15-9+;;;;. The monoisotopic (exact) mass is 1100 g/mol. The molecule has 7 N–H and O–H groups in total. The van der Waals surface area contributed by atoms with Crippen LogP contribution in [0.3, 0.4) is 0 Å². The first-order valence-electron chi connectivity index (χ1n) is 26.7. The Morgan fingerprint density at radius 3 is 1.33 bits per heavy atom. The fourth-order valence-corrected chi connectivity index (χ4v) is 8.58. The molecule has 0 aliphatic heterocycles. The molecule has 1 amide bonds. The Hall–Kier alpha value is -11.3. The Morgan fingerprint density at radius 2 is 0.892 bits per heavy atom. The number of hydrogen-bond donors (Lipinski definition) is 5. The van der Waals surface area contributed by atoms with Gasteiger partial charge in [0.1, 0.15) is 34.7 Å². The molecule has 6 aromatic heterocycles. The number of pyridine rings is 6. The minimum absolute atomic E-state index is 0.0925. The maximum absolute atomic E-state index is 12.6. The van der Waals surface area contributed by atoms with Crippen molar-refractivity contribution in [3.05, 3.63) is 285 Å². The number of primary amides is 1. The smallest absolute Gasteiger partial charge is 0.267 e. The first-order valence-corrected chi connectivity index (χ1v) is 26.7. The van der Waals surface area contributed by atoms with Crippen molar-refractivity contribution >= 4 is 79.5 Å². The second-order valence-corrected chi connectivity index (χ2v) is 17.6. The number of aromatic nitrogens is 6. The summed E-state index contributed by atoms with van der Waals surface area (Å²) in [5, 5.41) is 11.2. The van der Waals surface area contributed by atoms with Crippen LogP contribution in [0.2, 0.25) is 0 Å². The lowest BCUT2D eigenvalue weighted by atomic mass is 10.2. The van der Waals surface area contributed by atoms with Gasteiger partial charge in [-0.3, -0.25) is 47.6 Å². The molecule has 83 heavy (non-hydrogen) atoms. The van der Waals surface area contributed by atoms with Crippen molar-refractivity contribution in [3.63, 3.8) is 0 Å². The summed E-state index contributed by atoms with van der Waals surface area (Å²) in [6.07, 6.45) is 12.2. The number of nitrogens with one attached hydrogen (secondary N) is 3. The summed E-state index contributed by atoms with van der Waals surface area (Å²) in [5.41, 5.74) is 18.3. The predicted molar refractivity (Wildman–Crippen MR) is 339 cm³/mol. The Bertz CT molecular complexity index is 4260. The minimum atomic E-state index is -0.655. The molecule has 0 fully saturated rings. The van der Waals surface area contributed by atoms with Crippen LogP contribution < -0.4 is 43.7 Å². The van der Waals surface area contributed by atoms with Crippen LogP contribution in [0, 0.1) is 0 Å². The summed E-state index contributed by atoms with van der Waals surface area (Å²) in [7, 11) is 0. The molecule has 0 aliphatic rings. The van der Waals surface area contributed by atoms with E-state index in [1.807, 2.05) is 212 Å². The Balaban J connectivity index is 0.000000174. The zero-order valence-corrected chi connectivity index (χ0v) is 46.6. The Kier molecular flexibility index (Phi) is 20.8. The summed E-state index contributed by atoms with van der Waals surface area (Å²) in [5.74, 6) is 1.56. The predicted octanol–water partition coefficient (Wildman–Crippen LogP) is 13.2. The second-order valence-electron chi connectivity index (χ2n) is 17.6. The SMILES string of the molecule is C=C/C=C\C=C(/C)Nc1cc(=O)c2cnc(C(N)=O)cc2n1-c1ccccc1.CC.CC.Nc1cc2c(cn1)c(=O)cc(Nc1ccccc1)n2-c1ccccc1.O=Cc1cc2c(cn1)c(=O)cc(Nc1ccccc1)n2-c1ccccc1. The van der Waals surface area contributed by atoms with Crippen molar-refractivity contribution < 1.29 is 9.59 Å². The summed E-state index contributed by atoms with van der Waals surface area (Å²) >= 11 is 0. The third-order valence-corrected chi connectivity index (χ3v) is 12.2. The number of benzene rings is 5. The number of hydrogen-bond acceptors (Lipinski definition) is 12. The second kappa shape index (κ2) is 29.1. The highest BCUT2D eigenvalue weighted by atomic mass is 16.1. The number of amides is 1. The molecule has 0 aliphatic carbocycles. The van der Waals surface area contributed by atoms with E-state index in [1.54, 1.807) is 36.4 Å². The summed E-state index contributed by atoms with van der Waals surface area (Å²) in [6.45, 7) is 13.5. The normalized spacial score (nSPS) is 10.6. The fraction of sp³-hybridized carbons (Fsp3) is 0.0746. The van der Waals surface area contributed by atoms with E-state index in [9.17, 15) is 24.0 Å². The van der Waals surface area contributed by atoms with E-state index in [2.05, 4.69) is 37.5 Å². The van der Waals surface area contributed by atoms with E-state index in [1.165, 1.54) is 30.7 Å². The molecule has 16 heteroatoms. The van der Waals surface area contributed by atoms with Crippen molar-refractivity contribution in [2.24, 2.45) is 5.73 Å². The van der Waals surface area contributed by atoms with Gasteiger partial charge in [-0.1, -0.05) is 143 Å². The third kappa shape index (κ3) is 14.7. The van der Waals surface area contributed by atoms with Crippen molar-refractivity contribution in [3.8, 4) is 17.1 Å². The molecule has 5 aromatic carbocycles. The molecule has 0 radical (unpaired) electrons. The number of carbonyl (C=O) groups excluding carboxylic acids is 2. The zero-order chi connectivity index (χ0) is 59.3. The average Bonchev–Trinajstić information content (AvgIpc) is 3.64. The van der Waals surface area contributed by atoms with E-state index < -0.39 is 5.91 Å². The summed E-state index contributed by atoms with van der Waals surface area (Å²) < 4.78 is 5.75. The lowest BCUT2D eigenvalue weighted by molar-refractivity contribution is 0.0995. The van der Waals surface area contributed by atoms with Gasteiger partial charge >= 0.3 is 0 Å². The van der Waals surface area contributed by atoms with E-state index >= 15 is 0 Å². The van der Waals surface area contributed by atoms with Crippen molar-refractivity contribution in [1.29, 1.82) is 0 Å². The quantitative estimate of drug-likeness (QED) is 0.0537. The van der Waals surface area contributed by atoms with Gasteiger partial charge in [0.15, 0.2) is 22.6 Å². The molecule has 0 saturated heterocycles. The number of carbonyl (C=O) groups is 2. The van der Waals surface area contributed by atoms with Gasteiger partial charge < -0.3 is 27.4 Å². The third-order valence-electron chi connectivity index (χ3n) is 12.2. The molecule has 0 unspecified atom stereocenters. The van der Waals surface area contributed by atoms with Crippen LogP contribution in [0.25, 0.3) is 49.8 Å². The molecule has 0 saturated carbocycles. The van der Waals surface area contributed by atoms with Crippen molar-refractivity contribution in [2.45, 2.75) is 34.6 Å². The maximum Gasteiger partial charge on any atom is 0.267 e. The number of nitrogen functional groups attached to an aromatic ring is 1. The maximum atomic E-state index is 12.6. The highest BCUT2D eigenvalue weighted by Crippen LogP contribution is 2.28. The molecule has 0 atom stereocenters. The molecule has 416 valence electrons. The lowest BCUT2D eigenvalue weighted by Gasteiger charge is -2.18. The van der Waals surface area contributed by atoms with Crippen LogP contribution in [0.1, 0.15) is 55.6 Å². The van der Waals surface area contributed by atoms with Crippen molar-refractivity contribution in [1.82, 2.24) is 28.7 Å². The average molecular weight is 1100 g/mol. The molecule has 6 heterocycles. The lowest BCUT2D eigenvalue weighted by Crippen LogP contribution is -2.17. The zero-order valence-electron chi connectivity index (χ0n) is 46.6. The van der Waals surface area contributed by atoms with Crippen LogP contribution in [-0.2, 0) is 0 Å². The van der Waals surface area contributed by atoms with Gasteiger partial charge in [-0.2, -0.15) is 0 Å². The van der Waals surface area contributed by atoms with E-state index in [4.69, 9.17) is 11.5 Å². The van der Waals surface area contributed by atoms with Gasteiger partial charge in [-0.15, -0.1) is 0 Å². The molecule has 0 spiro atoms. The molecular formula is C67H63N11O5. The van der Waals surface area contributed by atoms with Gasteiger partial charge in [0.25, 0.3) is 5.91 Å². The van der Waals surface area contributed by atoms with Crippen LogP contribution in [0.4, 0.5) is 34.6 Å². The fourth-order valence-electron chi connectivity index (χ4n) is 8.58. The highest BCUT2D eigenvalue weighted by Gasteiger charge is 2.17. The molecular weight excluding hydrogens is 1040 g/mol. The number of fused-ring (bicyclic) bond motifs is 3. The largest absolute Gasteiger partial charge is 0.384 e. The number of para-hydroxylation sites is 5. The van der Waals surface area contributed by atoms with Crippen LogP contribution in [-0.4, -0.2) is 40.8 Å². The first kappa shape index (κ1) is 59.4. The van der Waals surface area contributed by atoms with Crippen LogP contribution >= 0.6 is 0 Å². The number of rotatable bonds is 13. The molecule has 11 rings (SSSR count). The number of allylic oxidation sites excluding steroid dienone is 5. The number of nitrogens with two attached hydrogens (primary N) is 2. The number of nitrogens with zero attached hydrogens (tertiary/aromatic N) is 6. The summed E-state index contributed by atoms with van der Waals surface area (Å²) in [4.78, 5) is 72.7. The van der Waals surface area contributed by atoms with E-state index in [0.717, 1.165) is 34.1 Å². The van der Waals surface area contributed by atoms with Gasteiger partial charge in [-0.25, -0.2) is 4.98 Å². The number of anilines is 6. The van der Waals surface area contributed by atoms with Gasteiger partial charge in [0.05, 0.1) is 32.7 Å². The molecule has 16 nitrogen and oxygen atoms in total. The minimum Gasteiger partial charge on any atom is -0.384 e. The van der Waals surface area contributed by atoms with E-state index in [0.29, 0.717) is 62.3 Å². The van der Waals surface area contributed by atoms with Crippen LogP contribution in [0.5, 0.6) is 0 Å². The van der Waals surface area contributed by atoms with Gasteiger partial charge in [0.2, 0.25) is 0 Å². The van der Waals surface area contributed by atoms with Gasteiger partial charge in [-0.05, 0) is 85.8 Å². The highest BCUT2D eigenvalue weighted by molar-refractivity contribution is 5.95. The Morgan fingerprint density at radius 1 is 0.506 bits per heavy atom. The van der Waals surface area contributed by atoms with E-state index in [-0.39, 0.29) is 27.7 Å². The Labute approximate surface area is 480 Å². The van der Waals surface area contributed by atoms with Crippen LogP contribution in [0.15, 0.2) is 258 Å². The van der Waals surface area contributed by atoms with Gasteiger partial charge in [0, 0.05) is 77.0 Å². The molecule has 11 aromatic rings. The van der Waals surface area contributed by atoms with Crippen molar-refractivity contribution in [2.75, 3.05) is 21.7 Å². The first-order chi connectivity index (χ1) is 40.5. The molecule has 0 bridgehead atoms. The number of aldehydes is 1. The summed E-state index contributed by atoms with van der Waals surface area (Å²) in [6, 6.07) is 57.9.